The van der Waals surface area contributed by atoms with Gasteiger partial charge in [0.25, 0.3) is 0 Å². The lowest BCUT2D eigenvalue weighted by molar-refractivity contribution is 1.46. The lowest BCUT2D eigenvalue weighted by Gasteiger charge is -2.04. The smallest absolute Gasteiger partial charge is 0.0155 e. The second kappa shape index (κ2) is 6.62. The highest BCUT2D eigenvalue weighted by Crippen LogP contribution is 2.21. The van der Waals surface area contributed by atoms with Gasteiger partial charge in [-0.3, -0.25) is 0 Å². The highest BCUT2D eigenvalue weighted by Gasteiger charge is 1.97. The first-order valence-electron chi connectivity index (χ1n) is 5.47. The molecule has 0 bridgehead atoms. The van der Waals surface area contributed by atoms with Crippen LogP contribution in [-0.2, 0) is 0 Å². The van der Waals surface area contributed by atoms with E-state index in [0.29, 0.717) is 0 Å². The van der Waals surface area contributed by atoms with Gasteiger partial charge in [-0.15, -0.1) is 6.58 Å². The summed E-state index contributed by atoms with van der Waals surface area (Å²) in [4.78, 5) is 0. The average Bonchev–Trinajstić information content (AvgIpc) is 2.32. The van der Waals surface area contributed by atoms with Crippen LogP contribution in [0.25, 0.3) is 11.1 Å². The number of aryl methyl sites for hydroxylation is 1. The molecule has 0 unspecified atom stereocenters. The lowest BCUT2D eigenvalue weighted by atomic mass is 10.0. The first-order chi connectivity index (χ1) is 7.79. The number of allylic oxidation sites excluding steroid dienone is 1. The molecule has 0 amide bonds. The minimum Gasteiger partial charge on any atom is -0.103 e. The number of benzene rings is 2. The predicted molar refractivity (Wildman–Crippen MR) is 72.5 cm³/mol. The Balaban J connectivity index is 0.000000386. The van der Waals surface area contributed by atoms with Crippen molar-refractivity contribution in [3.8, 4) is 11.1 Å². The molecule has 0 N–H and O–H groups in total. The van der Waals surface area contributed by atoms with Crippen LogP contribution in [0.2, 0.25) is 0 Å². The van der Waals surface area contributed by atoms with Crippen LogP contribution in [0.4, 0.5) is 0 Å². The summed E-state index contributed by atoms with van der Waals surface area (Å²) >= 11 is 0. The van der Waals surface area contributed by atoms with E-state index in [2.05, 4.69) is 62.0 Å². The third kappa shape index (κ3) is 3.39. The maximum absolute atomic E-state index is 3.36. The van der Waals surface area contributed by atoms with E-state index in [9.17, 15) is 0 Å². The molecule has 0 aliphatic rings. The molecule has 0 aromatic heterocycles. The molecule has 0 saturated heterocycles. The Morgan fingerprint density at radius 2 is 1.38 bits per heavy atom. The molecule has 16 heavy (non-hydrogen) atoms. The number of hydrogen-bond donors (Lipinski definition) is 0. The standard InChI is InChI=1S/C13H12.C3H6/c1-11-7-5-6-10-13(11)12-8-3-2-4-9-12;1-3-2/h2-10H,1H3;3H,1H2,2H3. The molecule has 0 heteroatoms. The normalized spacial score (nSPS) is 8.88. The average molecular weight is 210 g/mol. The van der Waals surface area contributed by atoms with Crippen LogP contribution in [0.1, 0.15) is 12.5 Å². The van der Waals surface area contributed by atoms with E-state index in [1.165, 1.54) is 16.7 Å². The molecule has 0 aliphatic carbocycles. The van der Waals surface area contributed by atoms with Gasteiger partial charge in [0.05, 0.1) is 0 Å². The molecule has 2 rings (SSSR count). The number of rotatable bonds is 1. The Morgan fingerprint density at radius 1 is 0.875 bits per heavy atom. The largest absolute Gasteiger partial charge is 0.103 e. The summed E-state index contributed by atoms with van der Waals surface area (Å²) in [7, 11) is 0. The van der Waals surface area contributed by atoms with Crippen molar-refractivity contribution in [2.45, 2.75) is 13.8 Å². The van der Waals surface area contributed by atoms with Crippen LogP contribution < -0.4 is 0 Å². The molecule has 0 atom stereocenters. The predicted octanol–water partition coefficient (Wildman–Crippen LogP) is 4.85. The summed E-state index contributed by atoms with van der Waals surface area (Å²) in [6, 6.07) is 18.9. The molecule has 0 radical (unpaired) electrons. The van der Waals surface area contributed by atoms with Crippen LogP contribution in [0.15, 0.2) is 67.3 Å². The third-order valence-corrected chi connectivity index (χ3v) is 2.23. The van der Waals surface area contributed by atoms with Crippen LogP contribution in [-0.4, -0.2) is 0 Å². The quantitative estimate of drug-likeness (QED) is 0.590. The van der Waals surface area contributed by atoms with Gasteiger partial charge in [0, 0.05) is 0 Å². The van der Waals surface area contributed by atoms with Gasteiger partial charge in [-0.2, -0.15) is 0 Å². The second-order valence-electron chi connectivity index (χ2n) is 3.59. The lowest BCUT2D eigenvalue weighted by Crippen LogP contribution is -1.80. The van der Waals surface area contributed by atoms with Crippen LogP contribution in [0, 0.1) is 6.92 Å². The fourth-order valence-corrected chi connectivity index (χ4v) is 1.51. The Morgan fingerprint density at radius 3 is 1.94 bits per heavy atom. The first kappa shape index (κ1) is 12.3. The summed E-state index contributed by atoms with van der Waals surface area (Å²) in [5.41, 5.74) is 3.94. The molecule has 2 aromatic rings. The molecular weight excluding hydrogens is 192 g/mol. The molecule has 0 heterocycles. The van der Waals surface area contributed by atoms with E-state index >= 15 is 0 Å². The Kier molecular flexibility index (Phi) is 5.07. The first-order valence-corrected chi connectivity index (χ1v) is 5.47. The Bertz CT molecular complexity index is 427. The highest BCUT2D eigenvalue weighted by atomic mass is 14.0. The summed E-state index contributed by atoms with van der Waals surface area (Å²) in [5, 5.41) is 0. The van der Waals surface area contributed by atoms with E-state index in [1.807, 2.05) is 13.0 Å². The van der Waals surface area contributed by atoms with Crippen LogP contribution in [0.3, 0.4) is 0 Å². The zero-order valence-electron chi connectivity index (χ0n) is 9.98. The van der Waals surface area contributed by atoms with Gasteiger partial charge < -0.3 is 0 Å². The van der Waals surface area contributed by atoms with Crippen LogP contribution >= 0.6 is 0 Å². The van der Waals surface area contributed by atoms with Crippen molar-refractivity contribution in [1.82, 2.24) is 0 Å². The minimum atomic E-state index is 1.29. The van der Waals surface area contributed by atoms with Gasteiger partial charge in [-0.25, -0.2) is 0 Å². The van der Waals surface area contributed by atoms with E-state index in [0.717, 1.165) is 0 Å². The van der Waals surface area contributed by atoms with Crippen molar-refractivity contribution < 1.29 is 0 Å². The zero-order valence-corrected chi connectivity index (χ0v) is 9.98. The van der Waals surface area contributed by atoms with E-state index in [-0.39, 0.29) is 0 Å². The summed E-state index contributed by atoms with van der Waals surface area (Å²) < 4.78 is 0. The molecule has 0 aliphatic heterocycles. The number of hydrogen-bond acceptors (Lipinski definition) is 0. The van der Waals surface area contributed by atoms with E-state index in [4.69, 9.17) is 0 Å². The van der Waals surface area contributed by atoms with Crippen molar-refractivity contribution in [2.24, 2.45) is 0 Å². The SMILES string of the molecule is C=CC.Cc1ccccc1-c1ccccc1. The Hall–Kier alpha value is -1.82. The molecule has 0 saturated carbocycles. The monoisotopic (exact) mass is 210 g/mol. The summed E-state index contributed by atoms with van der Waals surface area (Å²) in [6.07, 6.45) is 1.75. The van der Waals surface area contributed by atoms with Crippen molar-refractivity contribution in [3.05, 3.63) is 72.8 Å². The van der Waals surface area contributed by atoms with Gasteiger partial charge >= 0.3 is 0 Å². The summed E-state index contributed by atoms with van der Waals surface area (Å²) in [6.45, 7) is 7.39. The minimum absolute atomic E-state index is 1.29. The van der Waals surface area contributed by atoms with Gasteiger partial charge in [0.15, 0.2) is 0 Å². The third-order valence-electron chi connectivity index (χ3n) is 2.23. The van der Waals surface area contributed by atoms with E-state index in [1.54, 1.807) is 6.08 Å². The maximum Gasteiger partial charge on any atom is -0.0155 e. The maximum atomic E-state index is 3.36. The summed E-state index contributed by atoms with van der Waals surface area (Å²) in [5.74, 6) is 0. The molecule has 0 spiro atoms. The van der Waals surface area contributed by atoms with Gasteiger partial charge in [0.1, 0.15) is 0 Å². The fourth-order valence-electron chi connectivity index (χ4n) is 1.51. The highest BCUT2D eigenvalue weighted by molar-refractivity contribution is 5.66. The molecule has 2 aromatic carbocycles. The van der Waals surface area contributed by atoms with Crippen molar-refractivity contribution in [1.29, 1.82) is 0 Å². The molecule has 0 fully saturated rings. The Labute approximate surface area is 98.3 Å². The van der Waals surface area contributed by atoms with Crippen molar-refractivity contribution in [3.63, 3.8) is 0 Å². The molecule has 82 valence electrons. The van der Waals surface area contributed by atoms with Gasteiger partial charge in [-0.05, 0) is 30.5 Å². The second-order valence-corrected chi connectivity index (χ2v) is 3.59. The fraction of sp³-hybridized carbons (Fsp3) is 0.125. The zero-order chi connectivity index (χ0) is 11.8. The van der Waals surface area contributed by atoms with E-state index < -0.39 is 0 Å². The molecular formula is C16H18. The topological polar surface area (TPSA) is 0 Å². The van der Waals surface area contributed by atoms with Crippen LogP contribution in [0.5, 0.6) is 0 Å². The van der Waals surface area contributed by atoms with Crippen molar-refractivity contribution in [2.75, 3.05) is 0 Å². The molecule has 0 nitrogen and oxygen atoms in total. The van der Waals surface area contributed by atoms with Gasteiger partial charge in [0.2, 0.25) is 0 Å². The van der Waals surface area contributed by atoms with Crippen molar-refractivity contribution >= 4 is 0 Å². The van der Waals surface area contributed by atoms with Gasteiger partial charge in [-0.1, -0.05) is 60.7 Å².